The second-order valence-corrected chi connectivity index (χ2v) is 4.55. The van der Waals surface area contributed by atoms with E-state index in [1.165, 1.54) is 0 Å². The highest BCUT2D eigenvalue weighted by molar-refractivity contribution is 6.10. The van der Waals surface area contributed by atoms with Crippen LogP contribution in [0.4, 0.5) is 0 Å². The molecule has 3 heteroatoms. The molecule has 19 heavy (non-hydrogen) atoms. The number of unbranched alkanes of at least 4 members (excludes halogenated alkanes) is 1. The van der Waals surface area contributed by atoms with Crippen LogP contribution >= 0.6 is 0 Å². The quantitative estimate of drug-likeness (QED) is 0.554. The van der Waals surface area contributed by atoms with Crippen molar-refractivity contribution in [1.82, 2.24) is 0 Å². The van der Waals surface area contributed by atoms with Gasteiger partial charge >= 0.3 is 0 Å². The first kappa shape index (κ1) is 15.2. The van der Waals surface area contributed by atoms with E-state index in [0.29, 0.717) is 24.3 Å². The number of rotatable bonds is 8. The van der Waals surface area contributed by atoms with Crippen LogP contribution in [0.5, 0.6) is 0 Å². The lowest BCUT2D eigenvalue weighted by molar-refractivity contribution is -0.107. The zero-order valence-electron chi connectivity index (χ0n) is 11.5. The molecule has 1 aromatic carbocycles. The summed E-state index contributed by atoms with van der Waals surface area (Å²) < 4.78 is 0. The third-order valence-corrected chi connectivity index (χ3v) is 3.06. The summed E-state index contributed by atoms with van der Waals surface area (Å²) in [6.07, 6.45) is 4.70. The van der Waals surface area contributed by atoms with Gasteiger partial charge in [0.05, 0.1) is 5.71 Å². The molecule has 3 nitrogen and oxygen atoms in total. The fourth-order valence-corrected chi connectivity index (χ4v) is 1.94. The van der Waals surface area contributed by atoms with Crippen LogP contribution in [0.1, 0.15) is 44.6 Å². The van der Waals surface area contributed by atoms with E-state index in [0.717, 1.165) is 36.7 Å². The molecule has 0 saturated heterocycles. The van der Waals surface area contributed by atoms with Crippen LogP contribution in [0.15, 0.2) is 41.6 Å². The van der Waals surface area contributed by atoms with Gasteiger partial charge in [-0.2, -0.15) is 0 Å². The van der Waals surface area contributed by atoms with E-state index in [1.54, 1.807) is 0 Å². The molecular weight excluding hydrogens is 236 g/mol. The third kappa shape index (κ3) is 4.70. The van der Waals surface area contributed by atoms with Crippen molar-refractivity contribution in [3.63, 3.8) is 0 Å². The van der Waals surface area contributed by atoms with E-state index in [2.05, 4.69) is 6.92 Å². The van der Waals surface area contributed by atoms with Crippen molar-refractivity contribution in [2.45, 2.75) is 39.0 Å². The van der Waals surface area contributed by atoms with Crippen LogP contribution in [-0.4, -0.2) is 12.0 Å². The highest BCUT2D eigenvalue weighted by Crippen LogP contribution is 2.18. The van der Waals surface area contributed by atoms with Crippen molar-refractivity contribution in [3.05, 3.63) is 47.2 Å². The smallest absolute Gasteiger partial charge is 0.120 e. The molecule has 0 spiro atoms. The molecule has 0 atom stereocenters. The molecule has 0 amide bonds. The summed E-state index contributed by atoms with van der Waals surface area (Å²) in [6.45, 7) is 2.12. The summed E-state index contributed by atoms with van der Waals surface area (Å²) in [4.78, 5) is 10.5. The lowest BCUT2D eigenvalue weighted by atomic mass is 9.95. The Bertz CT molecular complexity index is 449. The van der Waals surface area contributed by atoms with Crippen molar-refractivity contribution < 1.29 is 4.79 Å². The molecule has 0 radical (unpaired) electrons. The molecule has 102 valence electrons. The van der Waals surface area contributed by atoms with E-state index in [1.807, 2.05) is 30.3 Å². The molecule has 0 bridgehead atoms. The Morgan fingerprint density at radius 2 is 1.95 bits per heavy atom. The minimum atomic E-state index is 0.420. The first-order valence-electron chi connectivity index (χ1n) is 6.76. The largest absolute Gasteiger partial charge is 0.402 e. The van der Waals surface area contributed by atoms with E-state index >= 15 is 0 Å². The van der Waals surface area contributed by atoms with Crippen LogP contribution in [0.25, 0.3) is 0 Å². The molecule has 0 aliphatic rings. The number of aldehydes is 1. The second kappa shape index (κ2) is 8.25. The van der Waals surface area contributed by atoms with Gasteiger partial charge in [0.15, 0.2) is 0 Å². The molecular formula is C16H22N2O. The van der Waals surface area contributed by atoms with Crippen molar-refractivity contribution in [2.75, 3.05) is 0 Å². The molecule has 3 N–H and O–H groups in total. The van der Waals surface area contributed by atoms with Crippen molar-refractivity contribution in [1.29, 1.82) is 5.41 Å². The normalized spacial score (nSPS) is 11.8. The van der Waals surface area contributed by atoms with Crippen LogP contribution in [0, 0.1) is 5.41 Å². The Balaban J connectivity index is 2.96. The van der Waals surface area contributed by atoms with Gasteiger partial charge in [-0.05, 0) is 30.4 Å². The molecule has 0 aliphatic carbocycles. The molecule has 0 aromatic heterocycles. The number of nitrogens with one attached hydrogen (secondary N) is 1. The molecule has 1 rings (SSSR count). The topological polar surface area (TPSA) is 66.9 Å². The number of carbonyl (C=O) groups excluding carboxylic acids is 1. The lowest BCUT2D eigenvalue weighted by Crippen LogP contribution is -2.12. The summed E-state index contributed by atoms with van der Waals surface area (Å²) >= 11 is 0. The zero-order valence-corrected chi connectivity index (χ0v) is 11.5. The maximum atomic E-state index is 10.5. The van der Waals surface area contributed by atoms with Gasteiger partial charge in [0, 0.05) is 12.1 Å². The molecule has 1 aromatic rings. The molecule has 0 aliphatic heterocycles. The highest BCUT2D eigenvalue weighted by atomic mass is 16.1. The standard InChI is InChI=1S/C16H22N2O/c1-2-3-10-14(15(17)11-7-12-19)16(18)13-8-5-4-6-9-13/h4-6,8-9,12,18H,2-3,7,10-11,17H2,1H3/b15-14-,18-16?. The first-order valence-corrected chi connectivity index (χ1v) is 6.76. The van der Waals surface area contributed by atoms with Gasteiger partial charge in [0.25, 0.3) is 0 Å². The van der Waals surface area contributed by atoms with Crippen molar-refractivity contribution >= 4 is 12.0 Å². The molecule has 0 unspecified atom stereocenters. The molecule has 0 heterocycles. The highest BCUT2D eigenvalue weighted by Gasteiger charge is 2.11. The summed E-state index contributed by atoms with van der Waals surface area (Å²) in [5.41, 5.74) is 8.98. The van der Waals surface area contributed by atoms with E-state index in [-0.39, 0.29) is 0 Å². The fraction of sp³-hybridized carbons (Fsp3) is 0.375. The minimum absolute atomic E-state index is 0.420. The maximum Gasteiger partial charge on any atom is 0.120 e. The Labute approximate surface area is 115 Å². The summed E-state index contributed by atoms with van der Waals surface area (Å²) in [5.74, 6) is 0. The Morgan fingerprint density at radius 1 is 1.26 bits per heavy atom. The second-order valence-electron chi connectivity index (χ2n) is 4.55. The van der Waals surface area contributed by atoms with Gasteiger partial charge in [-0.15, -0.1) is 0 Å². The monoisotopic (exact) mass is 258 g/mol. The Morgan fingerprint density at radius 3 is 2.53 bits per heavy atom. The average molecular weight is 258 g/mol. The summed E-state index contributed by atoms with van der Waals surface area (Å²) in [5, 5.41) is 8.31. The number of hydrogen-bond acceptors (Lipinski definition) is 3. The van der Waals surface area contributed by atoms with Gasteiger partial charge in [-0.3, -0.25) is 5.41 Å². The van der Waals surface area contributed by atoms with Crippen molar-refractivity contribution in [3.8, 4) is 0 Å². The zero-order chi connectivity index (χ0) is 14.1. The summed E-state index contributed by atoms with van der Waals surface area (Å²) in [7, 11) is 0. The third-order valence-electron chi connectivity index (χ3n) is 3.06. The van der Waals surface area contributed by atoms with E-state index < -0.39 is 0 Å². The summed E-state index contributed by atoms with van der Waals surface area (Å²) in [6, 6.07) is 9.61. The van der Waals surface area contributed by atoms with Gasteiger partial charge < -0.3 is 10.5 Å². The van der Waals surface area contributed by atoms with Gasteiger partial charge in [-0.25, -0.2) is 0 Å². The number of hydrogen-bond donors (Lipinski definition) is 2. The van der Waals surface area contributed by atoms with Crippen LogP contribution in [-0.2, 0) is 4.79 Å². The number of nitrogens with two attached hydrogens (primary N) is 1. The fourth-order valence-electron chi connectivity index (χ4n) is 1.94. The minimum Gasteiger partial charge on any atom is -0.402 e. The predicted molar refractivity (Wildman–Crippen MR) is 79.3 cm³/mol. The van der Waals surface area contributed by atoms with Gasteiger partial charge in [0.2, 0.25) is 0 Å². The Kier molecular flexibility index (Phi) is 6.58. The van der Waals surface area contributed by atoms with E-state index in [4.69, 9.17) is 11.1 Å². The number of carbonyl (C=O) groups is 1. The average Bonchev–Trinajstić information content (AvgIpc) is 2.46. The molecule has 0 saturated carbocycles. The lowest BCUT2D eigenvalue weighted by Gasteiger charge is -2.13. The van der Waals surface area contributed by atoms with Crippen LogP contribution < -0.4 is 5.73 Å². The van der Waals surface area contributed by atoms with Gasteiger partial charge in [-0.1, -0.05) is 43.7 Å². The Hall–Kier alpha value is -1.90. The van der Waals surface area contributed by atoms with Gasteiger partial charge in [0.1, 0.15) is 6.29 Å². The molecule has 0 fully saturated rings. The van der Waals surface area contributed by atoms with E-state index in [9.17, 15) is 4.79 Å². The number of allylic oxidation sites excluding steroid dienone is 2. The SMILES string of the molecule is CCCC/C(C(=N)c1ccccc1)=C(/N)CCC=O. The van der Waals surface area contributed by atoms with Crippen LogP contribution in [0.3, 0.4) is 0 Å². The van der Waals surface area contributed by atoms with Crippen LogP contribution in [0.2, 0.25) is 0 Å². The maximum absolute atomic E-state index is 10.5. The predicted octanol–water partition coefficient (Wildman–Crippen LogP) is 3.44. The first-order chi connectivity index (χ1) is 9.20. The van der Waals surface area contributed by atoms with Crippen molar-refractivity contribution in [2.24, 2.45) is 5.73 Å². The number of benzene rings is 1.